The van der Waals surface area contributed by atoms with Crippen molar-refractivity contribution in [2.75, 3.05) is 0 Å². The minimum Gasteiger partial charge on any atom is -0.624 e. The molecule has 0 radical (unpaired) electrons. The molecule has 3 rings (SSSR count). The van der Waals surface area contributed by atoms with Gasteiger partial charge in [-0.2, -0.15) is 0 Å². The molecule has 0 atom stereocenters. The highest BCUT2D eigenvalue weighted by Crippen LogP contribution is 2.42. The molecule has 2 aromatic carbocycles. The van der Waals surface area contributed by atoms with Gasteiger partial charge in [0.25, 0.3) is 0 Å². The summed E-state index contributed by atoms with van der Waals surface area (Å²) in [5.74, 6) is 0.393. The molecule has 0 heterocycles. The molecule has 0 aromatic heterocycles. The van der Waals surface area contributed by atoms with E-state index in [9.17, 15) is 15.4 Å². The van der Waals surface area contributed by atoms with E-state index in [2.05, 4.69) is 0 Å². The zero-order valence-electron chi connectivity index (χ0n) is 12.9. The van der Waals surface area contributed by atoms with E-state index in [1.807, 2.05) is 30.3 Å². The molecule has 0 unspecified atom stereocenters. The van der Waals surface area contributed by atoms with Crippen molar-refractivity contribution in [1.82, 2.24) is 0 Å². The molecule has 23 heavy (non-hydrogen) atoms. The maximum absolute atomic E-state index is 12.3. The highest BCUT2D eigenvalue weighted by Gasteiger charge is 2.29. The summed E-state index contributed by atoms with van der Waals surface area (Å²) in [7, 11) is 0. The fourth-order valence-corrected chi connectivity index (χ4v) is 3.37. The largest absolute Gasteiger partial charge is 0.624 e. The molecule has 4 heteroatoms. The second kappa shape index (κ2) is 6.73. The summed E-state index contributed by atoms with van der Waals surface area (Å²) in [5.41, 5.74) is 1.53. The van der Waals surface area contributed by atoms with Gasteiger partial charge in [0.15, 0.2) is 12.3 Å². The van der Waals surface area contributed by atoms with Crippen LogP contribution in [-0.2, 0) is 0 Å². The molecule has 1 aliphatic rings. The number of benzene rings is 2. The first kappa shape index (κ1) is 15.4. The lowest BCUT2D eigenvalue weighted by atomic mass is 9.81. The molecule has 1 fully saturated rings. The van der Waals surface area contributed by atoms with Crippen LogP contribution in [-0.4, -0.2) is 27.2 Å². The minimum absolute atomic E-state index is 0.0422. The molecule has 120 valence electrons. The van der Waals surface area contributed by atoms with Crippen molar-refractivity contribution in [3.63, 3.8) is 0 Å². The van der Waals surface area contributed by atoms with Crippen LogP contribution in [0.15, 0.2) is 48.5 Å². The van der Waals surface area contributed by atoms with Crippen molar-refractivity contribution in [1.29, 1.82) is 0 Å². The number of hydroxylamine groups is 1. The molecule has 0 amide bonds. The second-order valence-corrected chi connectivity index (χ2v) is 6.12. The van der Waals surface area contributed by atoms with Crippen molar-refractivity contribution >= 4 is 6.21 Å². The van der Waals surface area contributed by atoms with Gasteiger partial charge >= 0.3 is 0 Å². The van der Waals surface area contributed by atoms with E-state index in [-0.39, 0.29) is 23.5 Å². The van der Waals surface area contributed by atoms with Crippen LogP contribution in [0.3, 0.4) is 0 Å². The lowest BCUT2D eigenvalue weighted by Crippen LogP contribution is -2.27. The van der Waals surface area contributed by atoms with Gasteiger partial charge in [0.05, 0.1) is 0 Å². The monoisotopic (exact) mass is 311 g/mol. The zero-order valence-corrected chi connectivity index (χ0v) is 12.9. The van der Waals surface area contributed by atoms with E-state index in [0.29, 0.717) is 5.56 Å². The minimum atomic E-state index is -0.0422. The Morgan fingerprint density at radius 1 is 0.870 bits per heavy atom. The number of phenolic OH excluding ortho intramolecular Hbond substituents is 2. The Hall–Kier alpha value is -2.49. The molecule has 4 nitrogen and oxygen atoms in total. The fraction of sp³-hybridized carbons (Fsp3) is 0.316. The molecule has 2 N–H and O–H groups in total. The summed E-state index contributed by atoms with van der Waals surface area (Å²) in [6.07, 6.45) is 4.73. The maximum atomic E-state index is 12.3. The number of rotatable bonds is 3. The Morgan fingerprint density at radius 3 is 2.09 bits per heavy atom. The summed E-state index contributed by atoms with van der Waals surface area (Å²) >= 11 is 0. The first-order chi connectivity index (χ1) is 11.1. The van der Waals surface area contributed by atoms with Gasteiger partial charge in [0.2, 0.25) is 0 Å². The van der Waals surface area contributed by atoms with Crippen LogP contribution in [0.2, 0.25) is 0 Å². The molecule has 0 saturated heterocycles. The predicted octanol–water partition coefficient (Wildman–Crippen LogP) is 3.75. The van der Waals surface area contributed by atoms with E-state index in [1.165, 1.54) is 0 Å². The fourth-order valence-electron chi connectivity index (χ4n) is 3.37. The van der Waals surface area contributed by atoms with Gasteiger partial charge in [-0.05, 0) is 43.0 Å². The molecule has 1 saturated carbocycles. The Morgan fingerprint density at radius 2 is 1.48 bits per heavy atom. The molecular weight excluding hydrogens is 290 g/mol. The summed E-state index contributed by atoms with van der Waals surface area (Å²) in [6.45, 7) is 0. The van der Waals surface area contributed by atoms with Crippen LogP contribution in [0.25, 0.3) is 0 Å². The number of phenols is 2. The lowest BCUT2D eigenvalue weighted by Gasteiger charge is -2.28. The third-order valence-corrected chi connectivity index (χ3v) is 4.60. The molecule has 0 aliphatic heterocycles. The van der Waals surface area contributed by atoms with Crippen LogP contribution in [0.4, 0.5) is 0 Å². The molecule has 2 aromatic rings. The summed E-state index contributed by atoms with van der Waals surface area (Å²) in [4.78, 5) is 0. The van der Waals surface area contributed by atoms with E-state index in [1.54, 1.807) is 24.4 Å². The van der Waals surface area contributed by atoms with Gasteiger partial charge in [-0.15, -0.1) is 0 Å². The van der Waals surface area contributed by atoms with Gasteiger partial charge in [-0.3, -0.25) is 0 Å². The predicted molar refractivity (Wildman–Crippen MR) is 90.0 cm³/mol. The third-order valence-electron chi connectivity index (χ3n) is 4.60. The number of nitrogens with zero attached hydrogens (tertiary/aromatic N) is 1. The molecule has 1 aliphatic carbocycles. The van der Waals surface area contributed by atoms with E-state index in [4.69, 9.17) is 0 Å². The van der Waals surface area contributed by atoms with Gasteiger partial charge in [0, 0.05) is 24.0 Å². The average Bonchev–Trinajstić information content (AvgIpc) is 2.56. The molecule has 0 spiro atoms. The standard InChI is InChI=1S/C19H21NO3/c21-17-7-4-8-18(22)19(17)15-9-11-16(12-10-15)20(23)13-14-5-2-1-3-6-14/h1-8,13,15-16,21-22H,9-12H2/b20-13-. The Bertz CT molecular complexity index is 669. The summed E-state index contributed by atoms with van der Waals surface area (Å²) < 4.78 is 1.05. The lowest BCUT2D eigenvalue weighted by molar-refractivity contribution is -0.501. The summed E-state index contributed by atoms with van der Waals surface area (Å²) in [5, 5.41) is 32.3. The van der Waals surface area contributed by atoms with Crippen molar-refractivity contribution in [3.05, 3.63) is 64.9 Å². The Balaban J connectivity index is 1.68. The van der Waals surface area contributed by atoms with Gasteiger partial charge < -0.3 is 15.4 Å². The zero-order chi connectivity index (χ0) is 16.2. The van der Waals surface area contributed by atoms with E-state index in [0.717, 1.165) is 36.0 Å². The van der Waals surface area contributed by atoms with Gasteiger partial charge in [-0.25, -0.2) is 4.74 Å². The van der Waals surface area contributed by atoms with Gasteiger partial charge in [-0.1, -0.05) is 24.3 Å². The number of aromatic hydroxyl groups is 2. The normalized spacial score (nSPS) is 22.0. The smallest absolute Gasteiger partial charge is 0.182 e. The van der Waals surface area contributed by atoms with E-state index < -0.39 is 0 Å². The first-order valence-electron chi connectivity index (χ1n) is 8.01. The van der Waals surface area contributed by atoms with Crippen molar-refractivity contribution in [2.45, 2.75) is 37.6 Å². The molecular formula is C19H21NO3. The SMILES string of the molecule is [O-]/[N+](=C\c1ccccc1)C1CCC(c2c(O)cccc2O)CC1. The van der Waals surface area contributed by atoms with Crippen LogP contribution >= 0.6 is 0 Å². The summed E-state index contributed by atoms with van der Waals surface area (Å²) in [6, 6.07) is 14.4. The maximum Gasteiger partial charge on any atom is 0.182 e. The number of hydrogen-bond donors (Lipinski definition) is 2. The number of hydrogen-bond acceptors (Lipinski definition) is 3. The molecule has 0 bridgehead atoms. The Kier molecular flexibility index (Phi) is 4.51. The quantitative estimate of drug-likeness (QED) is 0.392. The van der Waals surface area contributed by atoms with Crippen LogP contribution < -0.4 is 0 Å². The third kappa shape index (κ3) is 3.47. The topological polar surface area (TPSA) is 66.5 Å². The van der Waals surface area contributed by atoms with Crippen LogP contribution in [0.5, 0.6) is 11.5 Å². The van der Waals surface area contributed by atoms with E-state index >= 15 is 0 Å². The van der Waals surface area contributed by atoms with Gasteiger partial charge in [0.1, 0.15) is 11.5 Å². The highest BCUT2D eigenvalue weighted by molar-refractivity contribution is 5.75. The van der Waals surface area contributed by atoms with Crippen molar-refractivity contribution in [3.8, 4) is 11.5 Å². The Labute approximate surface area is 135 Å². The van der Waals surface area contributed by atoms with Crippen molar-refractivity contribution in [2.24, 2.45) is 0 Å². The van der Waals surface area contributed by atoms with Crippen LogP contribution in [0.1, 0.15) is 42.7 Å². The van der Waals surface area contributed by atoms with Crippen molar-refractivity contribution < 1.29 is 15.0 Å². The average molecular weight is 311 g/mol. The first-order valence-corrected chi connectivity index (χ1v) is 8.01. The highest BCUT2D eigenvalue weighted by atomic mass is 16.5. The second-order valence-electron chi connectivity index (χ2n) is 6.12. The van der Waals surface area contributed by atoms with Crippen LogP contribution in [0, 0.1) is 5.21 Å².